The minimum atomic E-state index is -0.149. The molecule has 0 bridgehead atoms. The van der Waals surface area contributed by atoms with E-state index in [0.717, 1.165) is 27.0 Å². The number of hydrogen-bond donors (Lipinski definition) is 1. The van der Waals surface area contributed by atoms with Crippen LogP contribution >= 0.6 is 27.7 Å². The number of nitrogens with zero attached hydrogens (tertiary/aromatic N) is 2. The Labute approximate surface area is 163 Å². The molecule has 0 saturated carbocycles. The highest BCUT2D eigenvalue weighted by Crippen LogP contribution is 2.26. The van der Waals surface area contributed by atoms with Gasteiger partial charge in [-0.05, 0) is 64.8 Å². The molecule has 3 aromatic rings. The highest BCUT2D eigenvalue weighted by molar-refractivity contribution is 9.10. The van der Waals surface area contributed by atoms with Gasteiger partial charge in [0.1, 0.15) is 5.75 Å². The van der Waals surface area contributed by atoms with Crippen molar-refractivity contribution in [2.45, 2.75) is 12.1 Å². The summed E-state index contributed by atoms with van der Waals surface area (Å²) in [5.74, 6) is 1.17. The van der Waals surface area contributed by atoms with E-state index in [1.165, 1.54) is 11.8 Å². The van der Waals surface area contributed by atoms with Crippen molar-refractivity contribution in [3.63, 3.8) is 0 Å². The van der Waals surface area contributed by atoms with E-state index in [9.17, 15) is 4.79 Å². The molecule has 0 atom stereocenters. The van der Waals surface area contributed by atoms with Crippen LogP contribution < -0.4 is 10.1 Å². The Morgan fingerprint density at radius 3 is 2.69 bits per heavy atom. The van der Waals surface area contributed by atoms with Gasteiger partial charge < -0.3 is 14.5 Å². The van der Waals surface area contributed by atoms with E-state index in [2.05, 4.69) is 31.4 Å². The minimum Gasteiger partial charge on any atom is -0.497 e. The molecule has 0 spiro atoms. The Morgan fingerprint density at radius 2 is 2.00 bits per heavy atom. The van der Waals surface area contributed by atoms with Crippen molar-refractivity contribution in [1.82, 2.24) is 10.2 Å². The largest absolute Gasteiger partial charge is 0.497 e. The maximum Gasteiger partial charge on any atom is 0.277 e. The van der Waals surface area contributed by atoms with Crippen molar-refractivity contribution in [2.24, 2.45) is 0 Å². The predicted molar refractivity (Wildman–Crippen MR) is 105 cm³/mol. The molecule has 134 valence electrons. The third-order valence-corrected chi connectivity index (χ3v) is 4.94. The first kappa shape index (κ1) is 18.5. The molecule has 0 aliphatic heterocycles. The van der Waals surface area contributed by atoms with Crippen LogP contribution in [0.3, 0.4) is 0 Å². The number of ether oxygens (including phenoxy) is 1. The fourth-order valence-corrected chi connectivity index (χ4v) is 3.31. The molecular weight excluding hydrogens is 418 g/mol. The van der Waals surface area contributed by atoms with E-state index < -0.39 is 0 Å². The molecule has 0 saturated heterocycles. The lowest BCUT2D eigenvalue weighted by molar-refractivity contribution is -0.113. The van der Waals surface area contributed by atoms with Crippen molar-refractivity contribution in [3.8, 4) is 17.2 Å². The zero-order chi connectivity index (χ0) is 18.5. The summed E-state index contributed by atoms with van der Waals surface area (Å²) in [6.45, 7) is 1.99. The summed E-state index contributed by atoms with van der Waals surface area (Å²) in [6.07, 6.45) is 0. The number of nitrogens with one attached hydrogen (secondary N) is 1. The van der Waals surface area contributed by atoms with Gasteiger partial charge in [-0.15, -0.1) is 10.2 Å². The number of amides is 1. The third kappa shape index (κ3) is 4.64. The molecular formula is C18H16BrN3O3S. The second-order valence-corrected chi connectivity index (χ2v) is 7.20. The van der Waals surface area contributed by atoms with Gasteiger partial charge in [0, 0.05) is 10.0 Å². The van der Waals surface area contributed by atoms with Crippen LogP contribution in [0.4, 0.5) is 5.69 Å². The van der Waals surface area contributed by atoms with Gasteiger partial charge in [0.05, 0.1) is 18.6 Å². The molecule has 0 fully saturated rings. The maximum atomic E-state index is 12.1. The number of aryl methyl sites for hydroxylation is 1. The lowest BCUT2D eigenvalue weighted by Crippen LogP contribution is -2.14. The number of hydrogen-bond acceptors (Lipinski definition) is 6. The van der Waals surface area contributed by atoms with Crippen LogP contribution in [0, 0.1) is 6.92 Å². The van der Waals surface area contributed by atoms with Crippen LogP contribution in [0.2, 0.25) is 0 Å². The first-order valence-electron chi connectivity index (χ1n) is 7.72. The van der Waals surface area contributed by atoms with Gasteiger partial charge in [-0.3, -0.25) is 4.79 Å². The topological polar surface area (TPSA) is 77.2 Å². The molecule has 2 aromatic carbocycles. The summed E-state index contributed by atoms with van der Waals surface area (Å²) in [6, 6.07) is 13.0. The molecule has 26 heavy (non-hydrogen) atoms. The highest BCUT2D eigenvalue weighted by atomic mass is 79.9. The molecule has 0 radical (unpaired) electrons. The number of methoxy groups -OCH3 is 1. The Morgan fingerprint density at radius 1 is 1.23 bits per heavy atom. The maximum absolute atomic E-state index is 12.1. The Hall–Kier alpha value is -2.32. The van der Waals surface area contributed by atoms with E-state index in [-0.39, 0.29) is 11.7 Å². The standard InChI is InChI=1S/C18H16BrN3O3S/c1-11-3-8-15(14(19)9-11)20-16(23)10-26-18-22-21-17(25-18)12-4-6-13(24-2)7-5-12/h3-9H,10H2,1-2H3,(H,20,23). The van der Waals surface area contributed by atoms with Gasteiger partial charge in [0.25, 0.3) is 5.22 Å². The molecule has 8 heteroatoms. The van der Waals surface area contributed by atoms with Crippen LogP contribution in [0.1, 0.15) is 5.56 Å². The summed E-state index contributed by atoms with van der Waals surface area (Å²) in [5.41, 5.74) is 2.63. The van der Waals surface area contributed by atoms with Crippen molar-refractivity contribution < 1.29 is 13.9 Å². The minimum absolute atomic E-state index is 0.149. The number of carbonyl (C=O) groups is 1. The van der Waals surface area contributed by atoms with Crippen molar-refractivity contribution in [3.05, 3.63) is 52.5 Å². The smallest absolute Gasteiger partial charge is 0.277 e. The summed E-state index contributed by atoms with van der Waals surface area (Å²) in [5, 5.41) is 11.2. The molecule has 0 aliphatic rings. The summed E-state index contributed by atoms with van der Waals surface area (Å²) in [4.78, 5) is 12.1. The monoisotopic (exact) mass is 433 g/mol. The van der Waals surface area contributed by atoms with E-state index in [1.807, 2.05) is 49.4 Å². The first-order chi connectivity index (χ1) is 12.5. The van der Waals surface area contributed by atoms with Crippen LogP contribution in [-0.2, 0) is 4.79 Å². The van der Waals surface area contributed by atoms with E-state index >= 15 is 0 Å². The molecule has 0 aliphatic carbocycles. The number of halogens is 1. The van der Waals surface area contributed by atoms with E-state index in [4.69, 9.17) is 9.15 Å². The average molecular weight is 434 g/mol. The number of anilines is 1. The van der Waals surface area contributed by atoms with E-state index in [0.29, 0.717) is 11.1 Å². The normalized spacial score (nSPS) is 10.6. The fourth-order valence-electron chi connectivity index (χ4n) is 2.15. The highest BCUT2D eigenvalue weighted by Gasteiger charge is 2.12. The summed E-state index contributed by atoms with van der Waals surface area (Å²) >= 11 is 4.63. The van der Waals surface area contributed by atoms with Gasteiger partial charge in [0.2, 0.25) is 11.8 Å². The van der Waals surface area contributed by atoms with Gasteiger partial charge in [-0.1, -0.05) is 17.8 Å². The first-order valence-corrected chi connectivity index (χ1v) is 9.50. The molecule has 1 amide bonds. The second-order valence-electron chi connectivity index (χ2n) is 5.42. The summed E-state index contributed by atoms with van der Waals surface area (Å²) in [7, 11) is 1.61. The average Bonchev–Trinajstić information content (AvgIpc) is 3.11. The van der Waals surface area contributed by atoms with Crippen LogP contribution in [0.15, 0.2) is 56.6 Å². The lowest BCUT2D eigenvalue weighted by atomic mass is 10.2. The van der Waals surface area contributed by atoms with Gasteiger partial charge in [-0.25, -0.2) is 0 Å². The third-order valence-electron chi connectivity index (χ3n) is 3.47. The van der Waals surface area contributed by atoms with Gasteiger partial charge in [0.15, 0.2) is 0 Å². The van der Waals surface area contributed by atoms with Crippen LogP contribution in [0.25, 0.3) is 11.5 Å². The second kappa shape index (κ2) is 8.37. The number of carbonyl (C=O) groups excluding carboxylic acids is 1. The Kier molecular flexibility index (Phi) is 5.95. The molecule has 1 heterocycles. The van der Waals surface area contributed by atoms with Crippen molar-refractivity contribution in [2.75, 3.05) is 18.2 Å². The molecule has 6 nitrogen and oxygen atoms in total. The molecule has 1 aromatic heterocycles. The number of thioether (sulfide) groups is 1. The fraction of sp³-hybridized carbons (Fsp3) is 0.167. The Bertz CT molecular complexity index is 912. The lowest BCUT2D eigenvalue weighted by Gasteiger charge is -2.07. The number of benzene rings is 2. The number of aromatic nitrogens is 2. The predicted octanol–water partition coefficient (Wildman–Crippen LogP) is 4.55. The van der Waals surface area contributed by atoms with Crippen LogP contribution in [-0.4, -0.2) is 29.0 Å². The van der Waals surface area contributed by atoms with Gasteiger partial charge >= 0.3 is 0 Å². The molecule has 1 N–H and O–H groups in total. The Balaban J connectivity index is 1.58. The SMILES string of the molecule is COc1ccc(-c2nnc(SCC(=O)Nc3ccc(C)cc3Br)o2)cc1. The van der Waals surface area contributed by atoms with E-state index in [1.54, 1.807) is 7.11 Å². The summed E-state index contributed by atoms with van der Waals surface area (Å²) < 4.78 is 11.6. The van der Waals surface area contributed by atoms with Crippen molar-refractivity contribution >= 4 is 39.3 Å². The molecule has 0 unspecified atom stereocenters. The van der Waals surface area contributed by atoms with Crippen LogP contribution in [0.5, 0.6) is 5.75 Å². The number of rotatable bonds is 6. The van der Waals surface area contributed by atoms with Gasteiger partial charge in [-0.2, -0.15) is 0 Å². The van der Waals surface area contributed by atoms with Crippen molar-refractivity contribution in [1.29, 1.82) is 0 Å². The zero-order valence-corrected chi connectivity index (χ0v) is 16.6. The zero-order valence-electron chi connectivity index (χ0n) is 14.2. The quantitative estimate of drug-likeness (QED) is 0.574. The molecule has 3 rings (SSSR count).